The van der Waals surface area contributed by atoms with Crippen LogP contribution in [0.15, 0.2) is 54.7 Å². The second-order valence-corrected chi connectivity index (χ2v) is 8.94. The molecule has 1 aromatic carbocycles. The summed E-state index contributed by atoms with van der Waals surface area (Å²) in [5, 5.41) is 0. The van der Waals surface area contributed by atoms with E-state index >= 15 is 0 Å². The van der Waals surface area contributed by atoms with Gasteiger partial charge >= 0.3 is 0 Å². The van der Waals surface area contributed by atoms with E-state index in [4.69, 9.17) is 9.97 Å². The molecule has 2 aliphatic rings. The first-order valence-electron chi connectivity index (χ1n) is 11.3. The van der Waals surface area contributed by atoms with Gasteiger partial charge in [0.05, 0.1) is 0 Å². The lowest BCUT2D eigenvalue weighted by Crippen LogP contribution is -2.32. The Bertz CT molecular complexity index is 1050. The lowest BCUT2D eigenvalue weighted by molar-refractivity contribution is 0.619. The highest BCUT2D eigenvalue weighted by Crippen LogP contribution is 2.28. The molecule has 2 aromatic heterocycles. The molecule has 0 spiro atoms. The normalized spacial score (nSPS) is 18.3. The summed E-state index contributed by atoms with van der Waals surface area (Å²) < 4.78 is 14.4. The monoisotopic (exact) mass is 416 g/mol. The van der Waals surface area contributed by atoms with Crippen molar-refractivity contribution in [3.05, 3.63) is 82.9 Å². The number of hydrogen-bond acceptors (Lipinski definition) is 4. The van der Waals surface area contributed by atoms with Crippen molar-refractivity contribution >= 4 is 11.6 Å². The van der Waals surface area contributed by atoms with Crippen LogP contribution in [0.25, 0.3) is 0 Å². The molecule has 31 heavy (non-hydrogen) atoms. The minimum Gasteiger partial charge on any atom is -0.356 e. The molecule has 0 N–H and O–H groups in total. The fourth-order valence-corrected chi connectivity index (χ4v) is 4.68. The van der Waals surface area contributed by atoms with E-state index in [1.54, 1.807) is 12.1 Å². The molecule has 0 radical (unpaired) electrons. The Morgan fingerprint density at radius 2 is 1.77 bits per heavy atom. The average molecular weight is 417 g/mol. The zero-order chi connectivity index (χ0) is 21.2. The molecule has 3 aromatic rings. The second-order valence-electron chi connectivity index (χ2n) is 8.94. The van der Waals surface area contributed by atoms with Gasteiger partial charge in [-0.25, -0.2) is 9.37 Å². The lowest BCUT2D eigenvalue weighted by atomic mass is 9.99. The van der Waals surface area contributed by atoms with Gasteiger partial charge in [-0.1, -0.05) is 37.3 Å². The first-order chi connectivity index (χ1) is 15.1. The van der Waals surface area contributed by atoms with E-state index in [1.807, 2.05) is 6.20 Å². The molecular weight excluding hydrogens is 387 g/mol. The van der Waals surface area contributed by atoms with Crippen LogP contribution in [-0.2, 0) is 25.8 Å². The summed E-state index contributed by atoms with van der Waals surface area (Å²) in [6, 6.07) is 15.9. The topological polar surface area (TPSA) is 32.3 Å². The number of aromatic nitrogens is 2. The lowest BCUT2D eigenvalue weighted by Gasteiger charge is -2.30. The Labute approximate surface area is 183 Å². The molecule has 2 aliphatic heterocycles. The van der Waals surface area contributed by atoms with Crippen molar-refractivity contribution in [2.75, 3.05) is 29.4 Å². The van der Waals surface area contributed by atoms with Crippen molar-refractivity contribution in [1.82, 2.24) is 9.97 Å². The van der Waals surface area contributed by atoms with Gasteiger partial charge in [0.15, 0.2) is 0 Å². The Balaban J connectivity index is 1.29. The third-order valence-corrected chi connectivity index (χ3v) is 6.50. The number of fused-ring (bicyclic) bond motifs is 1. The summed E-state index contributed by atoms with van der Waals surface area (Å²) >= 11 is 0. The Kier molecular flexibility index (Phi) is 5.58. The number of halogens is 1. The first-order valence-corrected chi connectivity index (χ1v) is 11.3. The van der Waals surface area contributed by atoms with Crippen molar-refractivity contribution in [2.24, 2.45) is 5.92 Å². The van der Waals surface area contributed by atoms with Crippen molar-refractivity contribution in [2.45, 2.75) is 39.2 Å². The maximum absolute atomic E-state index is 14.4. The van der Waals surface area contributed by atoms with Crippen molar-refractivity contribution in [3.63, 3.8) is 0 Å². The quantitative estimate of drug-likeness (QED) is 0.598. The van der Waals surface area contributed by atoms with Gasteiger partial charge in [-0.15, -0.1) is 0 Å². The number of aryl methyl sites for hydroxylation is 2. The maximum Gasteiger partial charge on any atom is 0.134 e. The second kappa shape index (κ2) is 8.66. The molecule has 0 aliphatic carbocycles. The predicted molar refractivity (Wildman–Crippen MR) is 123 cm³/mol. The number of benzene rings is 1. The summed E-state index contributed by atoms with van der Waals surface area (Å²) in [4.78, 5) is 13.9. The molecule has 1 unspecified atom stereocenters. The van der Waals surface area contributed by atoms with E-state index < -0.39 is 0 Å². The number of rotatable bonds is 5. The van der Waals surface area contributed by atoms with Gasteiger partial charge in [-0.05, 0) is 54.4 Å². The molecular formula is C26H29FN4. The Hall–Kier alpha value is -2.95. The minimum absolute atomic E-state index is 0.209. The standard InChI is InChI=1S/C26H29FN4/c1-19-9-11-30(17-19)25-14-23(27)15-26(29-25)31-12-10-21-13-24(28-16-22(21)18-31)8-7-20-5-3-2-4-6-20/h2-6,13-16,19H,7-12,17-18H2,1H3. The van der Waals surface area contributed by atoms with Crippen LogP contribution in [-0.4, -0.2) is 29.6 Å². The number of nitrogens with zero attached hydrogens (tertiary/aromatic N) is 4. The zero-order valence-corrected chi connectivity index (χ0v) is 18.1. The molecule has 0 saturated carbocycles. The molecule has 5 heteroatoms. The fraction of sp³-hybridized carbons (Fsp3) is 0.385. The largest absolute Gasteiger partial charge is 0.356 e. The van der Waals surface area contributed by atoms with Gasteiger partial charge in [-0.3, -0.25) is 4.98 Å². The van der Waals surface area contributed by atoms with E-state index in [0.717, 1.165) is 69.2 Å². The van der Waals surface area contributed by atoms with Crippen LogP contribution in [0.2, 0.25) is 0 Å². The molecule has 4 nitrogen and oxygen atoms in total. The zero-order valence-electron chi connectivity index (χ0n) is 18.1. The molecule has 1 fully saturated rings. The SMILES string of the molecule is CC1CCN(c2cc(F)cc(N3CCc4cc(CCc5ccccc5)ncc4C3)n2)C1. The van der Waals surface area contributed by atoms with Crippen LogP contribution in [0.5, 0.6) is 0 Å². The third-order valence-electron chi connectivity index (χ3n) is 6.50. The van der Waals surface area contributed by atoms with Gasteiger partial charge in [0.25, 0.3) is 0 Å². The molecule has 160 valence electrons. The summed E-state index contributed by atoms with van der Waals surface area (Å²) in [5.41, 5.74) is 5.07. The smallest absolute Gasteiger partial charge is 0.134 e. The van der Waals surface area contributed by atoms with Crippen LogP contribution in [0.3, 0.4) is 0 Å². The average Bonchev–Trinajstić information content (AvgIpc) is 3.24. The van der Waals surface area contributed by atoms with E-state index in [0.29, 0.717) is 5.92 Å². The number of hydrogen-bond donors (Lipinski definition) is 0. The van der Waals surface area contributed by atoms with Gasteiger partial charge in [0.1, 0.15) is 17.5 Å². The minimum atomic E-state index is -0.209. The fourth-order valence-electron chi connectivity index (χ4n) is 4.68. The molecule has 0 amide bonds. The Morgan fingerprint density at radius 3 is 2.55 bits per heavy atom. The van der Waals surface area contributed by atoms with E-state index in [9.17, 15) is 4.39 Å². The van der Waals surface area contributed by atoms with Crippen LogP contribution < -0.4 is 9.80 Å². The first kappa shape index (κ1) is 20.0. The Morgan fingerprint density at radius 1 is 0.968 bits per heavy atom. The summed E-state index contributed by atoms with van der Waals surface area (Å²) in [5.74, 6) is 1.92. The van der Waals surface area contributed by atoms with Gasteiger partial charge < -0.3 is 9.80 Å². The molecule has 5 rings (SSSR count). The summed E-state index contributed by atoms with van der Waals surface area (Å²) in [6.07, 6.45) is 6.03. The number of anilines is 2. The van der Waals surface area contributed by atoms with Crippen molar-refractivity contribution < 1.29 is 4.39 Å². The van der Waals surface area contributed by atoms with Crippen LogP contribution in [0.4, 0.5) is 16.0 Å². The van der Waals surface area contributed by atoms with Crippen LogP contribution in [0.1, 0.15) is 35.7 Å². The van der Waals surface area contributed by atoms with Gasteiger partial charge in [0, 0.05) is 50.2 Å². The van der Waals surface area contributed by atoms with Crippen LogP contribution in [0, 0.1) is 11.7 Å². The third kappa shape index (κ3) is 4.55. The van der Waals surface area contributed by atoms with Crippen LogP contribution >= 0.6 is 0 Å². The van der Waals surface area contributed by atoms with Gasteiger partial charge in [0.2, 0.25) is 0 Å². The van der Waals surface area contributed by atoms with E-state index in [1.165, 1.54) is 16.7 Å². The molecule has 1 atom stereocenters. The van der Waals surface area contributed by atoms with Gasteiger partial charge in [-0.2, -0.15) is 0 Å². The molecule has 4 heterocycles. The van der Waals surface area contributed by atoms with E-state index in [-0.39, 0.29) is 5.82 Å². The van der Waals surface area contributed by atoms with E-state index in [2.05, 4.69) is 53.1 Å². The summed E-state index contributed by atoms with van der Waals surface area (Å²) in [6.45, 7) is 5.72. The predicted octanol–water partition coefficient (Wildman–Crippen LogP) is 4.81. The highest BCUT2D eigenvalue weighted by molar-refractivity contribution is 5.51. The van der Waals surface area contributed by atoms with Crippen molar-refractivity contribution in [1.29, 1.82) is 0 Å². The summed E-state index contributed by atoms with van der Waals surface area (Å²) in [7, 11) is 0. The molecule has 0 bridgehead atoms. The maximum atomic E-state index is 14.4. The highest BCUT2D eigenvalue weighted by Gasteiger charge is 2.23. The van der Waals surface area contributed by atoms with Crippen molar-refractivity contribution in [3.8, 4) is 0 Å². The number of pyridine rings is 2. The highest BCUT2D eigenvalue weighted by atomic mass is 19.1. The molecule has 1 saturated heterocycles.